The molecule has 1 aromatic rings. The van der Waals surface area contributed by atoms with Crippen molar-refractivity contribution in [1.82, 2.24) is 14.5 Å². The maximum absolute atomic E-state index is 12.6. The van der Waals surface area contributed by atoms with Gasteiger partial charge in [0.2, 0.25) is 15.9 Å². The number of hydrogen-bond donors (Lipinski definition) is 1. The highest BCUT2D eigenvalue weighted by Gasteiger charge is 2.25. The van der Waals surface area contributed by atoms with Gasteiger partial charge >= 0.3 is 0 Å². The molecule has 1 heterocycles. The van der Waals surface area contributed by atoms with E-state index in [2.05, 4.69) is 26.1 Å². The third-order valence-electron chi connectivity index (χ3n) is 3.98. The Balaban J connectivity index is 1.87. The molecule has 1 aliphatic heterocycles. The van der Waals surface area contributed by atoms with Crippen molar-refractivity contribution in [2.75, 3.05) is 52.5 Å². The average molecular weight is 434 g/mol. The summed E-state index contributed by atoms with van der Waals surface area (Å²) >= 11 is 3.28. The summed E-state index contributed by atoms with van der Waals surface area (Å²) in [5.41, 5.74) is 0. The third kappa shape index (κ3) is 6.03. The van der Waals surface area contributed by atoms with E-state index in [1.807, 2.05) is 0 Å². The third-order valence-corrected chi connectivity index (χ3v) is 6.44. The van der Waals surface area contributed by atoms with Crippen LogP contribution in [-0.2, 0) is 19.6 Å². The van der Waals surface area contributed by atoms with Crippen LogP contribution in [0.3, 0.4) is 0 Å². The van der Waals surface area contributed by atoms with Gasteiger partial charge in [0.1, 0.15) is 0 Å². The fourth-order valence-electron chi connectivity index (χ4n) is 2.52. The summed E-state index contributed by atoms with van der Waals surface area (Å²) in [6, 6.07) is 6.39. The summed E-state index contributed by atoms with van der Waals surface area (Å²) in [6.45, 7) is 6.13. The fourth-order valence-corrected chi connectivity index (χ4v) is 4.19. The lowest BCUT2D eigenvalue weighted by molar-refractivity contribution is -0.121. The molecule has 0 bridgehead atoms. The molecular weight excluding hydrogens is 410 g/mol. The van der Waals surface area contributed by atoms with Crippen LogP contribution in [0.2, 0.25) is 0 Å². The van der Waals surface area contributed by atoms with Gasteiger partial charge in [0.05, 0.1) is 24.7 Å². The predicted octanol–water partition coefficient (Wildman–Crippen LogP) is 0.908. The van der Waals surface area contributed by atoms with Crippen molar-refractivity contribution >= 4 is 31.9 Å². The van der Waals surface area contributed by atoms with E-state index in [4.69, 9.17) is 4.74 Å². The number of nitrogens with zero attached hydrogens (tertiary/aromatic N) is 2. The Morgan fingerprint density at radius 1 is 1.28 bits per heavy atom. The molecule has 0 atom stereocenters. The Morgan fingerprint density at radius 2 is 1.92 bits per heavy atom. The van der Waals surface area contributed by atoms with Crippen LogP contribution in [0.1, 0.15) is 6.92 Å². The first-order valence-corrected chi connectivity index (χ1v) is 10.5. The van der Waals surface area contributed by atoms with Gasteiger partial charge < -0.3 is 10.1 Å². The van der Waals surface area contributed by atoms with Crippen LogP contribution < -0.4 is 5.32 Å². The van der Waals surface area contributed by atoms with E-state index < -0.39 is 10.0 Å². The summed E-state index contributed by atoms with van der Waals surface area (Å²) in [5, 5.41) is 2.79. The minimum atomic E-state index is -3.68. The van der Waals surface area contributed by atoms with E-state index in [0.29, 0.717) is 19.8 Å². The van der Waals surface area contributed by atoms with E-state index in [-0.39, 0.29) is 23.9 Å². The number of sulfonamides is 1. The topological polar surface area (TPSA) is 79.0 Å². The molecule has 9 heteroatoms. The zero-order chi connectivity index (χ0) is 18.3. The zero-order valence-corrected chi connectivity index (χ0v) is 16.7. The Morgan fingerprint density at radius 3 is 2.52 bits per heavy atom. The van der Waals surface area contributed by atoms with Crippen LogP contribution in [0.15, 0.2) is 33.6 Å². The number of ether oxygens (including phenoxy) is 1. The largest absolute Gasteiger partial charge is 0.379 e. The van der Waals surface area contributed by atoms with E-state index in [0.717, 1.165) is 24.1 Å². The lowest BCUT2D eigenvalue weighted by Gasteiger charge is -2.26. The van der Waals surface area contributed by atoms with Crippen molar-refractivity contribution in [3.8, 4) is 0 Å². The van der Waals surface area contributed by atoms with Crippen LogP contribution in [0.5, 0.6) is 0 Å². The first kappa shape index (κ1) is 20.3. The van der Waals surface area contributed by atoms with Crippen LogP contribution in [-0.4, -0.2) is 76.0 Å². The summed E-state index contributed by atoms with van der Waals surface area (Å²) in [6.07, 6.45) is 0. The lowest BCUT2D eigenvalue weighted by Crippen LogP contribution is -2.44. The van der Waals surface area contributed by atoms with Crippen LogP contribution >= 0.6 is 15.9 Å². The number of likely N-dealkylation sites (N-methyl/N-ethyl adjacent to an activating group) is 1. The molecule has 1 amide bonds. The van der Waals surface area contributed by atoms with E-state index in [1.54, 1.807) is 19.1 Å². The molecule has 25 heavy (non-hydrogen) atoms. The molecule has 0 spiro atoms. The molecule has 1 N–H and O–H groups in total. The van der Waals surface area contributed by atoms with Gasteiger partial charge in [-0.2, -0.15) is 4.31 Å². The highest BCUT2D eigenvalue weighted by atomic mass is 79.9. The van der Waals surface area contributed by atoms with Crippen molar-refractivity contribution in [3.05, 3.63) is 28.7 Å². The predicted molar refractivity (Wildman–Crippen MR) is 98.8 cm³/mol. The van der Waals surface area contributed by atoms with Crippen LogP contribution in [0, 0.1) is 0 Å². The first-order valence-electron chi connectivity index (χ1n) is 8.26. The van der Waals surface area contributed by atoms with Crippen molar-refractivity contribution < 1.29 is 17.9 Å². The zero-order valence-electron chi connectivity index (χ0n) is 14.3. The quantitative estimate of drug-likeness (QED) is 0.658. The summed E-state index contributed by atoms with van der Waals surface area (Å²) < 4.78 is 32.5. The number of benzene rings is 1. The number of nitrogens with one attached hydrogen (secondary N) is 1. The SMILES string of the molecule is CCN(CC(=O)NCCN1CCOCC1)S(=O)(=O)c1ccc(Br)cc1. The van der Waals surface area contributed by atoms with Gasteiger partial charge in [-0.05, 0) is 24.3 Å². The highest BCUT2D eigenvalue weighted by Crippen LogP contribution is 2.18. The van der Waals surface area contributed by atoms with E-state index in [9.17, 15) is 13.2 Å². The number of halogens is 1. The van der Waals surface area contributed by atoms with E-state index >= 15 is 0 Å². The van der Waals surface area contributed by atoms with Crippen molar-refractivity contribution in [2.45, 2.75) is 11.8 Å². The fraction of sp³-hybridized carbons (Fsp3) is 0.562. The molecule has 1 aliphatic rings. The molecule has 0 radical (unpaired) electrons. The normalized spacial score (nSPS) is 16.1. The van der Waals surface area contributed by atoms with Gasteiger partial charge in [-0.1, -0.05) is 22.9 Å². The molecule has 1 fully saturated rings. The standard InChI is InChI=1S/C16H24BrN3O4S/c1-2-20(25(22,23)15-5-3-14(17)4-6-15)13-16(21)18-7-8-19-9-11-24-12-10-19/h3-6H,2,7-13H2,1H3,(H,18,21). The minimum Gasteiger partial charge on any atom is -0.379 e. The number of amides is 1. The molecule has 7 nitrogen and oxygen atoms in total. The van der Waals surface area contributed by atoms with E-state index in [1.165, 1.54) is 16.4 Å². The first-order chi connectivity index (χ1) is 11.9. The Hall–Kier alpha value is -1.00. The van der Waals surface area contributed by atoms with Gasteiger partial charge in [0, 0.05) is 37.2 Å². The molecule has 1 aromatic carbocycles. The monoisotopic (exact) mass is 433 g/mol. The second kappa shape index (κ2) is 9.63. The second-order valence-electron chi connectivity index (χ2n) is 5.69. The smallest absolute Gasteiger partial charge is 0.243 e. The number of morpholine rings is 1. The minimum absolute atomic E-state index is 0.179. The van der Waals surface area contributed by atoms with Crippen molar-refractivity contribution in [2.24, 2.45) is 0 Å². The van der Waals surface area contributed by atoms with Gasteiger partial charge in [-0.3, -0.25) is 9.69 Å². The van der Waals surface area contributed by atoms with Crippen molar-refractivity contribution in [3.63, 3.8) is 0 Å². The Kier molecular flexibility index (Phi) is 7.82. The Bertz CT molecular complexity index is 660. The molecule has 2 rings (SSSR count). The molecule has 1 saturated heterocycles. The van der Waals surface area contributed by atoms with Gasteiger partial charge in [-0.25, -0.2) is 8.42 Å². The maximum Gasteiger partial charge on any atom is 0.243 e. The Labute approximate surface area is 157 Å². The van der Waals surface area contributed by atoms with Gasteiger partial charge in [-0.15, -0.1) is 0 Å². The summed E-state index contributed by atoms with van der Waals surface area (Å²) in [4.78, 5) is 14.5. The van der Waals surface area contributed by atoms with Gasteiger partial charge in [0.25, 0.3) is 0 Å². The summed E-state index contributed by atoms with van der Waals surface area (Å²) in [5.74, 6) is -0.296. The number of rotatable bonds is 8. The highest BCUT2D eigenvalue weighted by molar-refractivity contribution is 9.10. The number of carbonyl (C=O) groups excluding carboxylic acids is 1. The molecular formula is C16H24BrN3O4S. The lowest BCUT2D eigenvalue weighted by atomic mass is 10.4. The summed E-state index contributed by atoms with van der Waals surface area (Å²) in [7, 11) is -3.68. The number of carbonyl (C=O) groups is 1. The van der Waals surface area contributed by atoms with Crippen molar-refractivity contribution in [1.29, 1.82) is 0 Å². The molecule has 0 saturated carbocycles. The molecule has 0 aliphatic carbocycles. The second-order valence-corrected chi connectivity index (χ2v) is 8.54. The van der Waals surface area contributed by atoms with Crippen LogP contribution in [0.4, 0.5) is 0 Å². The molecule has 0 unspecified atom stereocenters. The van der Waals surface area contributed by atoms with Gasteiger partial charge in [0.15, 0.2) is 0 Å². The average Bonchev–Trinajstić information content (AvgIpc) is 2.61. The molecule has 0 aromatic heterocycles. The molecule has 140 valence electrons. The maximum atomic E-state index is 12.6. The number of hydrogen-bond acceptors (Lipinski definition) is 5. The van der Waals surface area contributed by atoms with Crippen LogP contribution in [0.25, 0.3) is 0 Å².